The number of aromatic nitrogens is 4. The van der Waals surface area contributed by atoms with Gasteiger partial charge in [0.2, 0.25) is 0 Å². The van der Waals surface area contributed by atoms with Crippen molar-refractivity contribution in [3.05, 3.63) is 30.5 Å². The minimum absolute atomic E-state index is 0.0200. The number of H-pyrrole nitrogens is 1. The van der Waals surface area contributed by atoms with Crippen molar-refractivity contribution in [2.45, 2.75) is 13.3 Å². The van der Waals surface area contributed by atoms with E-state index in [4.69, 9.17) is 0 Å². The van der Waals surface area contributed by atoms with Crippen LogP contribution in [0.3, 0.4) is 0 Å². The number of halogens is 1. The Hall–Kier alpha value is -2.27. The van der Waals surface area contributed by atoms with Crippen molar-refractivity contribution in [1.29, 1.82) is 0 Å². The zero-order valence-electron chi connectivity index (χ0n) is 12.1. The summed E-state index contributed by atoms with van der Waals surface area (Å²) in [6.45, 7) is 1.95. The van der Waals surface area contributed by atoms with Crippen molar-refractivity contribution < 1.29 is 9.72 Å². The van der Waals surface area contributed by atoms with Crippen molar-refractivity contribution in [1.82, 2.24) is 20.0 Å². The summed E-state index contributed by atoms with van der Waals surface area (Å²) in [7, 11) is 1.76. The minimum atomic E-state index is -0.583. The van der Waals surface area contributed by atoms with E-state index in [1.165, 1.54) is 6.07 Å². The van der Waals surface area contributed by atoms with E-state index in [0.717, 1.165) is 17.0 Å². The normalized spacial score (nSPS) is 11.1. The maximum Gasteiger partial charge on any atom is 0.294 e. The highest BCUT2D eigenvalue weighted by Gasteiger charge is 2.26. The molecule has 0 bridgehead atoms. The lowest BCUT2D eigenvalue weighted by molar-refractivity contribution is -0.384. The number of nitrogens with zero attached hydrogens (tertiary/aromatic N) is 4. The number of anilines is 1. The minimum Gasteiger partial charge on any atom is -0.305 e. The summed E-state index contributed by atoms with van der Waals surface area (Å²) >= 11 is 4.17. The standard InChI is InChI=1S/C12H11BrN6O3S/c1-3-5-8-10(15-16-11(8)18(2)17-5)14-12(20)9-6(19(21)22)4-7(13)23-9/h4H,3H2,1-2H3,(H2,14,15,16,20). The lowest BCUT2D eigenvalue weighted by Crippen LogP contribution is -2.12. The summed E-state index contributed by atoms with van der Waals surface area (Å²) in [6.07, 6.45) is 0.671. The van der Waals surface area contributed by atoms with Crippen LogP contribution in [0.5, 0.6) is 0 Å². The molecule has 3 aromatic heterocycles. The quantitative estimate of drug-likeness (QED) is 0.517. The van der Waals surface area contributed by atoms with Gasteiger partial charge in [0.25, 0.3) is 11.6 Å². The van der Waals surface area contributed by atoms with E-state index < -0.39 is 10.8 Å². The molecule has 2 N–H and O–H groups in total. The van der Waals surface area contributed by atoms with Crippen molar-refractivity contribution in [3.8, 4) is 0 Å². The van der Waals surface area contributed by atoms with E-state index in [2.05, 4.69) is 36.5 Å². The van der Waals surface area contributed by atoms with Crippen LogP contribution in [0.25, 0.3) is 11.0 Å². The molecule has 0 aliphatic heterocycles. The maximum absolute atomic E-state index is 12.4. The Kier molecular flexibility index (Phi) is 3.90. The van der Waals surface area contributed by atoms with Crippen LogP contribution in [-0.2, 0) is 13.5 Å². The van der Waals surface area contributed by atoms with E-state index in [1.807, 2.05) is 6.92 Å². The molecule has 0 aromatic carbocycles. The summed E-state index contributed by atoms with van der Waals surface area (Å²) in [4.78, 5) is 22.9. The Labute approximate surface area is 142 Å². The highest BCUT2D eigenvalue weighted by atomic mass is 79.9. The third-order valence-electron chi connectivity index (χ3n) is 3.27. The number of rotatable bonds is 4. The molecule has 23 heavy (non-hydrogen) atoms. The first kappa shape index (κ1) is 15.6. The third kappa shape index (κ3) is 2.61. The van der Waals surface area contributed by atoms with Gasteiger partial charge in [-0.3, -0.25) is 20.0 Å². The number of aromatic amines is 1. The maximum atomic E-state index is 12.4. The zero-order chi connectivity index (χ0) is 16.7. The van der Waals surface area contributed by atoms with Crippen LogP contribution in [0.15, 0.2) is 9.85 Å². The van der Waals surface area contributed by atoms with Gasteiger partial charge in [0.15, 0.2) is 10.5 Å². The van der Waals surface area contributed by atoms with E-state index >= 15 is 0 Å². The molecule has 0 unspecified atom stereocenters. The number of amides is 1. The number of thiophene rings is 1. The molecular formula is C12H11BrN6O3S. The number of carbonyl (C=O) groups excluding carboxylic acids is 1. The molecule has 1 amide bonds. The summed E-state index contributed by atoms with van der Waals surface area (Å²) in [5.74, 6) is -0.183. The van der Waals surface area contributed by atoms with Gasteiger partial charge in [-0.25, -0.2) is 4.68 Å². The van der Waals surface area contributed by atoms with Crippen molar-refractivity contribution in [2.24, 2.45) is 7.05 Å². The first-order chi connectivity index (χ1) is 10.9. The van der Waals surface area contributed by atoms with Gasteiger partial charge in [-0.1, -0.05) is 6.92 Å². The van der Waals surface area contributed by atoms with Crippen LogP contribution < -0.4 is 5.32 Å². The van der Waals surface area contributed by atoms with Crippen LogP contribution in [0.2, 0.25) is 0 Å². The van der Waals surface area contributed by atoms with Crippen LogP contribution >= 0.6 is 27.3 Å². The topological polar surface area (TPSA) is 119 Å². The molecular weight excluding hydrogens is 388 g/mol. The Bertz CT molecular complexity index is 927. The molecule has 0 aliphatic rings. The number of hydrogen-bond acceptors (Lipinski definition) is 6. The second-order valence-electron chi connectivity index (χ2n) is 4.70. The van der Waals surface area contributed by atoms with Crippen LogP contribution in [0.4, 0.5) is 11.5 Å². The molecule has 0 fully saturated rings. The highest BCUT2D eigenvalue weighted by molar-refractivity contribution is 9.11. The van der Waals surface area contributed by atoms with Crippen LogP contribution in [-0.4, -0.2) is 30.8 Å². The fourth-order valence-electron chi connectivity index (χ4n) is 2.28. The monoisotopic (exact) mass is 398 g/mol. The molecule has 9 nitrogen and oxygen atoms in total. The Balaban J connectivity index is 1.99. The largest absolute Gasteiger partial charge is 0.305 e. The van der Waals surface area contributed by atoms with E-state index in [0.29, 0.717) is 27.1 Å². The van der Waals surface area contributed by atoms with E-state index in [1.54, 1.807) is 11.7 Å². The molecule has 120 valence electrons. The molecule has 0 aliphatic carbocycles. The van der Waals surface area contributed by atoms with Gasteiger partial charge in [0, 0.05) is 13.1 Å². The fraction of sp³-hybridized carbons (Fsp3) is 0.250. The molecule has 0 saturated heterocycles. The molecule has 3 rings (SSSR count). The van der Waals surface area contributed by atoms with Gasteiger partial charge < -0.3 is 5.32 Å². The lowest BCUT2D eigenvalue weighted by Gasteiger charge is -2.01. The molecule has 0 radical (unpaired) electrons. The number of carbonyl (C=O) groups is 1. The number of fused-ring (bicyclic) bond motifs is 1. The summed E-state index contributed by atoms with van der Waals surface area (Å²) in [5, 5.41) is 25.6. The summed E-state index contributed by atoms with van der Waals surface area (Å²) in [5.41, 5.74) is 1.16. The van der Waals surface area contributed by atoms with E-state index in [-0.39, 0.29) is 10.6 Å². The van der Waals surface area contributed by atoms with Crippen molar-refractivity contribution in [3.63, 3.8) is 0 Å². The molecule has 0 atom stereocenters. The average Bonchev–Trinajstić information content (AvgIpc) is 3.15. The third-order valence-corrected chi connectivity index (χ3v) is 4.90. The number of nitro groups is 1. The Morgan fingerprint density at radius 1 is 1.61 bits per heavy atom. The fourth-order valence-corrected chi connectivity index (χ4v) is 3.73. The molecule has 11 heteroatoms. The predicted molar refractivity (Wildman–Crippen MR) is 88.9 cm³/mol. The number of hydrogen-bond donors (Lipinski definition) is 2. The average molecular weight is 399 g/mol. The SMILES string of the molecule is CCc1nn(C)c2n[nH]c(NC(=O)c3sc(Br)cc3[N+](=O)[O-])c12. The van der Waals surface area contributed by atoms with Crippen molar-refractivity contribution >= 4 is 55.7 Å². The van der Waals surface area contributed by atoms with E-state index in [9.17, 15) is 14.9 Å². The van der Waals surface area contributed by atoms with Gasteiger partial charge in [-0.05, 0) is 22.4 Å². The highest BCUT2D eigenvalue weighted by Crippen LogP contribution is 2.34. The van der Waals surface area contributed by atoms with Crippen LogP contribution in [0.1, 0.15) is 22.3 Å². The van der Waals surface area contributed by atoms with Gasteiger partial charge in [-0.2, -0.15) is 10.2 Å². The second kappa shape index (κ2) is 5.74. The second-order valence-corrected chi connectivity index (χ2v) is 7.13. The van der Waals surface area contributed by atoms with Crippen LogP contribution in [0, 0.1) is 10.1 Å². The predicted octanol–water partition coefficient (Wildman–Crippen LogP) is 2.84. The lowest BCUT2D eigenvalue weighted by atomic mass is 10.2. The van der Waals surface area contributed by atoms with Gasteiger partial charge in [-0.15, -0.1) is 11.3 Å². The Morgan fingerprint density at radius 2 is 2.35 bits per heavy atom. The Morgan fingerprint density at radius 3 is 3.00 bits per heavy atom. The first-order valence-corrected chi connectivity index (χ1v) is 8.18. The van der Waals surface area contributed by atoms with Gasteiger partial charge >= 0.3 is 0 Å². The molecule has 0 spiro atoms. The first-order valence-electron chi connectivity index (χ1n) is 6.57. The summed E-state index contributed by atoms with van der Waals surface area (Å²) in [6, 6.07) is 1.31. The van der Waals surface area contributed by atoms with Gasteiger partial charge in [0.1, 0.15) is 5.82 Å². The van der Waals surface area contributed by atoms with Crippen molar-refractivity contribution in [2.75, 3.05) is 5.32 Å². The number of aryl methyl sites for hydroxylation is 2. The number of nitrogens with one attached hydrogen (secondary N) is 2. The smallest absolute Gasteiger partial charge is 0.294 e. The molecule has 0 saturated carbocycles. The zero-order valence-corrected chi connectivity index (χ0v) is 14.5. The summed E-state index contributed by atoms with van der Waals surface area (Å²) < 4.78 is 2.13. The van der Waals surface area contributed by atoms with Gasteiger partial charge in [0.05, 0.1) is 19.8 Å². The molecule has 3 heterocycles. The molecule has 3 aromatic rings.